The molecule has 1 N–H and O–H groups in total. The number of nitrogens with zero attached hydrogens (tertiary/aromatic N) is 2. The minimum absolute atomic E-state index is 0.101. The lowest BCUT2D eigenvalue weighted by atomic mass is 10.1. The number of aromatic nitrogens is 2. The molecule has 0 spiro atoms. The van der Waals surface area contributed by atoms with Crippen LogP contribution in [0.5, 0.6) is 11.5 Å². The largest absolute Gasteiger partial charge is 0.486 e. The molecule has 6 nitrogen and oxygen atoms in total. The van der Waals surface area contributed by atoms with Gasteiger partial charge in [0.05, 0.1) is 0 Å². The number of pyridine rings is 1. The molecule has 1 aromatic carbocycles. The van der Waals surface area contributed by atoms with Gasteiger partial charge in [0.15, 0.2) is 17.2 Å². The molecule has 0 amide bonds. The molecule has 0 atom stereocenters. The van der Waals surface area contributed by atoms with Crippen molar-refractivity contribution < 1.29 is 23.8 Å². The summed E-state index contributed by atoms with van der Waals surface area (Å²) in [5.41, 5.74) is 1.07. The van der Waals surface area contributed by atoms with Crippen LogP contribution in [-0.2, 0) is 0 Å². The number of hydrogen-bond donors (Lipinski definition) is 1. The number of ether oxygens (including phenoxy) is 2. The molecule has 1 aliphatic heterocycles. The van der Waals surface area contributed by atoms with E-state index in [4.69, 9.17) is 9.47 Å². The molecule has 23 heavy (non-hydrogen) atoms. The number of aromatic carboxylic acids is 1. The van der Waals surface area contributed by atoms with Crippen molar-refractivity contribution in [3.05, 3.63) is 48.0 Å². The zero-order chi connectivity index (χ0) is 16.0. The third kappa shape index (κ3) is 2.17. The molecule has 0 radical (unpaired) electrons. The molecular weight excluding hydrogens is 303 g/mol. The molecular formula is C16H11FN2O4. The summed E-state index contributed by atoms with van der Waals surface area (Å²) in [5, 5.41) is 9.50. The highest BCUT2D eigenvalue weighted by Gasteiger charge is 2.22. The minimum atomic E-state index is -1.19. The summed E-state index contributed by atoms with van der Waals surface area (Å²) in [5.74, 6) is -0.584. The standard InChI is InChI=1S/C16H11FN2O4/c17-10-2-4-13-18-14(15(16(20)21)19(13)8-10)9-1-3-11-12(7-9)23-6-5-22-11/h1-4,7-8H,5-6H2,(H,20,21). The van der Waals surface area contributed by atoms with E-state index in [0.29, 0.717) is 35.9 Å². The van der Waals surface area contributed by atoms with Gasteiger partial charge < -0.3 is 14.6 Å². The fraction of sp³-hybridized carbons (Fsp3) is 0.125. The fourth-order valence-corrected chi connectivity index (χ4v) is 2.62. The summed E-state index contributed by atoms with van der Waals surface area (Å²) in [6.45, 7) is 0.902. The highest BCUT2D eigenvalue weighted by Crippen LogP contribution is 2.35. The molecule has 0 saturated heterocycles. The van der Waals surface area contributed by atoms with Crippen molar-refractivity contribution in [2.75, 3.05) is 13.2 Å². The van der Waals surface area contributed by atoms with Crippen LogP contribution in [0.1, 0.15) is 10.5 Å². The van der Waals surface area contributed by atoms with Crippen molar-refractivity contribution in [1.82, 2.24) is 9.38 Å². The van der Waals surface area contributed by atoms with Crippen LogP contribution < -0.4 is 9.47 Å². The van der Waals surface area contributed by atoms with E-state index in [1.807, 2.05) is 0 Å². The second-order valence-electron chi connectivity index (χ2n) is 5.05. The number of carboxylic acids is 1. The topological polar surface area (TPSA) is 73.1 Å². The van der Waals surface area contributed by atoms with Gasteiger partial charge in [-0.15, -0.1) is 0 Å². The maximum atomic E-state index is 13.4. The molecule has 3 heterocycles. The van der Waals surface area contributed by atoms with Gasteiger partial charge in [-0.2, -0.15) is 0 Å². The quantitative estimate of drug-likeness (QED) is 0.787. The number of hydrogen-bond acceptors (Lipinski definition) is 4. The van der Waals surface area contributed by atoms with Gasteiger partial charge in [-0.05, 0) is 30.3 Å². The monoisotopic (exact) mass is 314 g/mol. The number of fused-ring (bicyclic) bond motifs is 2. The Hall–Kier alpha value is -3.09. The second kappa shape index (κ2) is 4.98. The highest BCUT2D eigenvalue weighted by molar-refractivity contribution is 5.95. The van der Waals surface area contributed by atoms with Crippen LogP contribution in [0.4, 0.5) is 4.39 Å². The average molecular weight is 314 g/mol. The summed E-state index contributed by atoms with van der Waals surface area (Å²) in [6.07, 6.45) is 1.10. The van der Waals surface area contributed by atoms with E-state index < -0.39 is 11.8 Å². The molecule has 7 heteroatoms. The summed E-state index contributed by atoms with van der Waals surface area (Å²) in [6, 6.07) is 7.77. The number of carboxylic acid groups (broad SMARTS) is 1. The smallest absolute Gasteiger partial charge is 0.355 e. The van der Waals surface area contributed by atoms with Crippen LogP contribution in [0.3, 0.4) is 0 Å². The zero-order valence-corrected chi connectivity index (χ0v) is 11.8. The Bertz CT molecular complexity index is 935. The predicted octanol–water partition coefficient (Wildman–Crippen LogP) is 2.61. The minimum Gasteiger partial charge on any atom is -0.486 e. The van der Waals surface area contributed by atoms with Gasteiger partial charge in [-0.25, -0.2) is 14.2 Å². The van der Waals surface area contributed by atoms with Crippen LogP contribution in [-0.4, -0.2) is 33.7 Å². The van der Waals surface area contributed by atoms with Gasteiger partial charge in [0.25, 0.3) is 0 Å². The van der Waals surface area contributed by atoms with Crippen LogP contribution in [0.15, 0.2) is 36.5 Å². The number of carbonyl (C=O) groups is 1. The van der Waals surface area contributed by atoms with Crippen molar-refractivity contribution >= 4 is 11.6 Å². The van der Waals surface area contributed by atoms with Crippen molar-refractivity contribution in [2.24, 2.45) is 0 Å². The molecule has 3 aromatic rings. The summed E-state index contributed by atoms with van der Waals surface area (Å²) < 4.78 is 25.6. The van der Waals surface area contributed by atoms with Crippen LogP contribution in [0, 0.1) is 5.82 Å². The Morgan fingerprint density at radius 1 is 1.17 bits per heavy atom. The number of benzene rings is 1. The van der Waals surface area contributed by atoms with E-state index in [9.17, 15) is 14.3 Å². The number of rotatable bonds is 2. The highest BCUT2D eigenvalue weighted by atomic mass is 19.1. The summed E-state index contributed by atoms with van der Waals surface area (Å²) in [7, 11) is 0. The number of halogens is 1. The van der Waals surface area contributed by atoms with Crippen LogP contribution >= 0.6 is 0 Å². The van der Waals surface area contributed by atoms with E-state index in [1.165, 1.54) is 16.5 Å². The van der Waals surface area contributed by atoms with Crippen molar-refractivity contribution in [2.45, 2.75) is 0 Å². The Morgan fingerprint density at radius 2 is 1.96 bits per heavy atom. The normalized spacial score (nSPS) is 13.3. The van der Waals surface area contributed by atoms with Gasteiger partial charge in [0.1, 0.15) is 30.4 Å². The van der Waals surface area contributed by atoms with Gasteiger partial charge in [-0.1, -0.05) is 0 Å². The molecule has 0 bridgehead atoms. The Balaban J connectivity index is 1.94. The second-order valence-corrected chi connectivity index (χ2v) is 5.05. The Labute approximate surface area is 129 Å². The van der Waals surface area contributed by atoms with Crippen molar-refractivity contribution in [3.63, 3.8) is 0 Å². The summed E-state index contributed by atoms with van der Waals surface area (Å²) in [4.78, 5) is 15.9. The molecule has 116 valence electrons. The third-order valence-electron chi connectivity index (χ3n) is 3.60. The van der Waals surface area contributed by atoms with E-state index in [1.54, 1.807) is 18.2 Å². The first kappa shape index (κ1) is 13.6. The average Bonchev–Trinajstić information content (AvgIpc) is 2.93. The van der Waals surface area contributed by atoms with Crippen LogP contribution in [0.2, 0.25) is 0 Å². The van der Waals surface area contributed by atoms with Gasteiger partial charge in [0, 0.05) is 11.8 Å². The van der Waals surface area contributed by atoms with E-state index >= 15 is 0 Å². The van der Waals surface area contributed by atoms with E-state index in [-0.39, 0.29) is 11.4 Å². The zero-order valence-electron chi connectivity index (χ0n) is 11.8. The molecule has 4 rings (SSSR count). The first-order valence-corrected chi connectivity index (χ1v) is 6.94. The maximum absolute atomic E-state index is 13.4. The number of imidazole rings is 1. The van der Waals surface area contributed by atoms with E-state index in [0.717, 1.165) is 6.20 Å². The Kier molecular flexibility index (Phi) is 2.94. The van der Waals surface area contributed by atoms with Gasteiger partial charge in [0.2, 0.25) is 0 Å². The van der Waals surface area contributed by atoms with Gasteiger partial charge in [-0.3, -0.25) is 4.40 Å². The van der Waals surface area contributed by atoms with E-state index in [2.05, 4.69) is 4.98 Å². The lowest BCUT2D eigenvalue weighted by Crippen LogP contribution is -2.15. The summed E-state index contributed by atoms with van der Waals surface area (Å²) >= 11 is 0. The van der Waals surface area contributed by atoms with Crippen molar-refractivity contribution in [1.29, 1.82) is 0 Å². The first-order chi connectivity index (χ1) is 11.1. The maximum Gasteiger partial charge on any atom is 0.355 e. The molecule has 2 aromatic heterocycles. The van der Waals surface area contributed by atoms with Crippen LogP contribution in [0.25, 0.3) is 16.9 Å². The molecule has 0 fully saturated rings. The lowest BCUT2D eigenvalue weighted by Gasteiger charge is -2.18. The predicted molar refractivity (Wildman–Crippen MR) is 78.5 cm³/mol. The fourth-order valence-electron chi connectivity index (χ4n) is 2.62. The molecule has 0 unspecified atom stereocenters. The molecule has 0 aliphatic carbocycles. The molecule has 1 aliphatic rings. The lowest BCUT2D eigenvalue weighted by molar-refractivity contribution is 0.0690. The van der Waals surface area contributed by atoms with Crippen molar-refractivity contribution in [3.8, 4) is 22.8 Å². The first-order valence-electron chi connectivity index (χ1n) is 6.94. The van der Waals surface area contributed by atoms with Gasteiger partial charge >= 0.3 is 5.97 Å². The Morgan fingerprint density at radius 3 is 2.74 bits per heavy atom. The molecule has 0 saturated carbocycles. The third-order valence-corrected chi connectivity index (χ3v) is 3.60. The SMILES string of the molecule is O=C(O)c1c(-c2ccc3c(c2)OCCO3)nc2ccc(F)cn12.